The molecule has 5 heteroatoms. The third-order valence-corrected chi connectivity index (χ3v) is 3.85. The van der Waals surface area contributed by atoms with Gasteiger partial charge in [-0.2, -0.15) is 0 Å². The van der Waals surface area contributed by atoms with Crippen LogP contribution < -0.4 is 5.32 Å². The van der Waals surface area contributed by atoms with Crippen LogP contribution in [0.5, 0.6) is 0 Å². The second kappa shape index (κ2) is 7.22. The van der Waals surface area contributed by atoms with Crippen LogP contribution in [0.4, 0.5) is 5.69 Å². The van der Waals surface area contributed by atoms with Crippen LogP contribution in [-0.2, 0) is 9.59 Å². The fourth-order valence-electron chi connectivity index (χ4n) is 2.19. The van der Waals surface area contributed by atoms with Crippen LogP contribution in [0, 0.1) is 6.92 Å². The van der Waals surface area contributed by atoms with Gasteiger partial charge in [0.05, 0.1) is 5.92 Å². The predicted molar refractivity (Wildman–Crippen MR) is 88.9 cm³/mol. The van der Waals surface area contributed by atoms with Crippen LogP contribution in [0.1, 0.15) is 23.5 Å². The molecule has 1 atom stereocenters. The summed E-state index contributed by atoms with van der Waals surface area (Å²) in [4.78, 5) is 23.6. The van der Waals surface area contributed by atoms with Gasteiger partial charge >= 0.3 is 5.97 Å². The minimum absolute atomic E-state index is 0.102. The molecule has 0 unspecified atom stereocenters. The average Bonchev–Trinajstić information content (AvgIpc) is 2.48. The van der Waals surface area contributed by atoms with Crippen molar-refractivity contribution in [2.75, 3.05) is 5.32 Å². The molecule has 0 radical (unpaired) electrons. The highest BCUT2D eigenvalue weighted by Crippen LogP contribution is 2.23. The predicted octanol–water partition coefficient (Wildman–Crippen LogP) is 3.95. The van der Waals surface area contributed by atoms with Gasteiger partial charge in [0.25, 0.3) is 0 Å². The summed E-state index contributed by atoms with van der Waals surface area (Å²) in [6.45, 7) is 1.88. The largest absolute Gasteiger partial charge is 0.481 e. The lowest BCUT2D eigenvalue weighted by Gasteiger charge is -2.14. The Kier molecular flexibility index (Phi) is 5.33. The molecule has 0 bridgehead atoms. The molecule has 4 nitrogen and oxygen atoms in total. The smallest absolute Gasteiger partial charge is 0.311 e. The van der Waals surface area contributed by atoms with E-state index in [9.17, 15) is 14.7 Å². The van der Waals surface area contributed by atoms with Crippen molar-refractivity contribution in [3.63, 3.8) is 0 Å². The van der Waals surface area contributed by atoms with Crippen molar-refractivity contribution in [1.82, 2.24) is 0 Å². The first kappa shape index (κ1) is 16.2. The summed E-state index contributed by atoms with van der Waals surface area (Å²) >= 11 is 3.36. The monoisotopic (exact) mass is 361 g/mol. The Morgan fingerprint density at radius 1 is 1.18 bits per heavy atom. The number of halogens is 1. The number of aliphatic carboxylic acids is 1. The lowest BCUT2D eigenvalue weighted by molar-refractivity contribution is -0.140. The molecule has 0 aliphatic rings. The molecule has 2 N–H and O–H groups in total. The summed E-state index contributed by atoms with van der Waals surface area (Å²) in [5.41, 5.74) is 2.22. The Morgan fingerprint density at radius 2 is 1.86 bits per heavy atom. The Morgan fingerprint density at radius 3 is 2.45 bits per heavy atom. The molecule has 2 aromatic carbocycles. The van der Waals surface area contributed by atoms with Gasteiger partial charge < -0.3 is 10.4 Å². The number of carbonyl (C=O) groups excluding carboxylic acids is 1. The van der Waals surface area contributed by atoms with Gasteiger partial charge in [-0.25, -0.2) is 0 Å². The van der Waals surface area contributed by atoms with Gasteiger partial charge in [0.1, 0.15) is 0 Å². The van der Waals surface area contributed by atoms with E-state index < -0.39 is 11.9 Å². The van der Waals surface area contributed by atoms with E-state index in [0.717, 1.165) is 10.0 Å². The molecule has 2 aromatic rings. The van der Waals surface area contributed by atoms with Crippen LogP contribution >= 0.6 is 15.9 Å². The van der Waals surface area contributed by atoms with E-state index in [2.05, 4.69) is 21.2 Å². The zero-order valence-corrected chi connectivity index (χ0v) is 13.6. The van der Waals surface area contributed by atoms with E-state index >= 15 is 0 Å². The number of carboxylic acids is 1. The summed E-state index contributed by atoms with van der Waals surface area (Å²) in [7, 11) is 0. The number of hydrogen-bond donors (Lipinski definition) is 2. The summed E-state index contributed by atoms with van der Waals surface area (Å²) < 4.78 is 0.927. The molecule has 0 heterocycles. The van der Waals surface area contributed by atoms with E-state index in [-0.39, 0.29) is 12.3 Å². The van der Waals surface area contributed by atoms with Crippen molar-refractivity contribution >= 4 is 33.5 Å². The normalized spacial score (nSPS) is 11.7. The van der Waals surface area contributed by atoms with Crippen molar-refractivity contribution < 1.29 is 14.7 Å². The molecule has 0 saturated heterocycles. The fraction of sp³-hybridized carbons (Fsp3) is 0.176. The zero-order chi connectivity index (χ0) is 16.1. The van der Waals surface area contributed by atoms with Gasteiger partial charge in [0.15, 0.2) is 0 Å². The van der Waals surface area contributed by atoms with E-state index in [1.165, 1.54) is 0 Å². The van der Waals surface area contributed by atoms with Gasteiger partial charge in [-0.3, -0.25) is 9.59 Å². The first-order valence-corrected chi connectivity index (χ1v) is 7.60. The van der Waals surface area contributed by atoms with Gasteiger partial charge in [-0.05, 0) is 36.2 Å². The molecule has 2 rings (SSSR count). The van der Waals surface area contributed by atoms with Crippen molar-refractivity contribution in [1.29, 1.82) is 0 Å². The van der Waals surface area contributed by atoms with E-state index in [1.807, 2.05) is 25.1 Å². The summed E-state index contributed by atoms with van der Waals surface area (Å²) in [6.07, 6.45) is -0.102. The maximum absolute atomic E-state index is 12.2. The molecule has 114 valence electrons. The first-order chi connectivity index (χ1) is 10.5. The Labute approximate surface area is 137 Å². The van der Waals surface area contributed by atoms with Crippen LogP contribution in [0.3, 0.4) is 0 Å². The molecule has 0 fully saturated rings. The number of nitrogens with one attached hydrogen (secondary N) is 1. The number of aryl methyl sites for hydroxylation is 1. The third kappa shape index (κ3) is 4.18. The number of rotatable bonds is 5. The molecular formula is C17H16BrNO3. The third-order valence-electron chi connectivity index (χ3n) is 3.35. The Balaban J connectivity index is 2.10. The molecule has 0 aromatic heterocycles. The highest BCUT2D eigenvalue weighted by molar-refractivity contribution is 9.10. The van der Waals surface area contributed by atoms with Gasteiger partial charge in [-0.15, -0.1) is 0 Å². The zero-order valence-electron chi connectivity index (χ0n) is 12.0. The number of amides is 1. The van der Waals surface area contributed by atoms with Gasteiger partial charge in [0, 0.05) is 16.6 Å². The molecule has 0 aliphatic heterocycles. The second-order valence-corrected chi connectivity index (χ2v) is 5.93. The SMILES string of the molecule is Cc1cc(Br)ccc1NC(=O)C[C@@H](C(=O)O)c1ccccc1. The van der Waals surface area contributed by atoms with Crippen LogP contribution in [-0.4, -0.2) is 17.0 Å². The summed E-state index contributed by atoms with van der Waals surface area (Å²) in [6, 6.07) is 14.3. The van der Waals surface area contributed by atoms with Crippen LogP contribution in [0.15, 0.2) is 53.0 Å². The Bertz CT molecular complexity index is 686. The summed E-state index contributed by atoms with van der Waals surface area (Å²) in [5, 5.41) is 12.1. The first-order valence-electron chi connectivity index (χ1n) is 6.81. The Hall–Kier alpha value is -2.14. The number of carbonyl (C=O) groups is 2. The summed E-state index contributed by atoms with van der Waals surface area (Å²) in [5.74, 6) is -2.17. The number of carboxylic acid groups (broad SMARTS) is 1. The number of hydrogen-bond acceptors (Lipinski definition) is 2. The number of benzene rings is 2. The lowest BCUT2D eigenvalue weighted by Crippen LogP contribution is -2.21. The number of anilines is 1. The van der Waals surface area contributed by atoms with Crippen LogP contribution in [0.2, 0.25) is 0 Å². The lowest BCUT2D eigenvalue weighted by atomic mass is 9.95. The highest BCUT2D eigenvalue weighted by Gasteiger charge is 2.23. The highest BCUT2D eigenvalue weighted by atomic mass is 79.9. The van der Waals surface area contributed by atoms with E-state index in [4.69, 9.17) is 0 Å². The van der Waals surface area contributed by atoms with Crippen molar-refractivity contribution in [3.05, 3.63) is 64.1 Å². The molecule has 0 aliphatic carbocycles. The standard InChI is InChI=1S/C17H16BrNO3/c1-11-9-13(18)7-8-15(11)19-16(20)10-14(17(21)22)12-5-3-2-4-6-12/h2-9,14H,10H2,1H3,(H,19,20)(H,21,22)/t14-/m1/s1. The topological polar surface area (TPSA) is 66.4 Å². The van der Waals surface area contributed by atoms with Crippen molar-refractivity contribution in [2.24, 2.45) is 0 Å². The van der Waals surface area contributed by atoms with E-state index in [1.54, 1.807) is 30.3 Å². The van der Waals surface area contributed by atoms with Crippen molar-refractivity contribution in [3.8, 4) is 0 Å². The van der Waals surface area contributed by atoms with Crippen LogP contribution in [0.25, 0.3) is 0 Å². The van der Waals surface area contributed by atoms with Crippen molar-refractivity contribution in [2.45, 2.75) is 19.3 Å². The van der Waals surface area contributed by atoms with Gasteiger partial charge in [0.2, 0.25) is 5.91 Å². The molecule has 0 spiro atoms. The maximum atomic E-state index is 12.2. The molecular weight excluding hydrogens is 346 g/mol. The average molecular weight is 362 g/mol. The van der Waals surface area contributed by atoms with Gasteiger partial charge in [-0.1, -0.05) is 46.3 Å². The minimum atomic E-state index is -1.01. The maximum Gasteiger partial charge on any atom is 0.311 e. The van der Waals surface area contributed by atoms with E-state index in [0.29, 0.717) is 11.3 Å². The molecule has 0 saturated carbocycles. The minimum Gasteiger partial charge on any atom is -0.481 e. The fourth-order valence-corrected chi connectivity index (χ4v) is 2.66. The second-order valence-electron chi connectivity index (χ2n) is 5.01. The molecule has 22 heavy (non-hydrogen) atoms. The molecule has 1 amide bonds. The quantitative estimate of drug-likeness (QED) is 0.846.